The van der Waals surface area contributed by atoms with Gasteiger partial charge in [0.05, 0.1) is 17.4 Å². The van der Waals surface area contributed by atoms with E-state index in [-0.39, 0.29) is 12.1 Å². The lowest BCUT2D eigenvalue weighted by Gasteiger charge is -2.49. The first-order valence-electron chi connectivity index (χ1n) is 8.59. The van der Waals surface area contributed by atoms with Crippen molar-refractivity contribution in [2.75, 3.05) is 13.1 Å². The zero-order valence-corrected chi connectivity index (χ0v) is 15.5. The van der Waals surface area contributed by atoms with Crippen LogP contribution in [0, 0.1) is 0 Å². The van der Waals surface area contributed by atoms with Crippen LogP contribution in [-0.2, 0) is 10.3 Å². The van der Waals surface area contributed by atoms with Crippen LogP contribution in [0.25, 0.3) is 0 Å². The Morgan fingerprint density at radius 1 is 1.23 bits per heavy atom. The first-order chi connectivity index (χ1) is 12.3. The number of aromatic nitrogens is 4. The highest BCUT2D eigenvalue weighted by molar-refractivity contribution is 5.70. The zero-order chi connectivity index (χ0) is 18.8. The number of piperazine rings is 1. The van der Waals surface area contributed by atoms with Crippen molar-refractivity contribution < 1.29 is 9.53 Å². The Bertz CT molecular complexity index is 749. The Morgan fingerprint density at radius 3 is 2.50 bits per heavy atom. The summed E-state index contributed by atoms with van der Waals surface area (Å²) in [7, 11) is 0. The summed E-state index contributed by atoms with van der Waals surface area (Å²) in [5.74, 6) is 0. The van der Waals surface area contributed by atoms with E-state index in [0.29, 0.717) is 18.8 Å². The number of carbonyl (C=O) groups is 1. The molecule has 3 heterocycles. The Hall–Kier alpha value is -2.61. The quantitative estimate of drug-likeness (QED) is 0.880. The van der Waals surface area contributed by atoms with Crippen molar-refractivity contribution in [2.45, 2.75) is 44.9 Å². The number of carbonyl (C=O) groups excluding carboxylic acids is 1. The molecule has 0 bridgehead atoms. The molecular weight excluding hydrogens is 332 g/mol. The van der Waals surface area contributed by atoms with E-state index >= 15 is 0 Å². The number of hydrogen-bond donors (Lipinski definition) is 1. The first kappa shape index (κ1) is 18.2. The largest absolute Gasteiger partial charge is 0.444 e. The molecule has 0 radical (unpaired) electrons. The molecule has 0 aromatic carbocycles. The third-order valence-corrected chi connectivity index (χ3v) is 4.42. The number of nitrogens with zero attached hydrogens (tertiary/aromatic N) is 5. The second kappa shape index (κ2) is 6.95. The lowest BCUT2D eigenvalue weighted by atomic mass is 9.82. The van der Waals surface area contributed by atoms with E-state index in [0.717, 1.165) is 5.69 Å². The maximum Gasteiger partial charge on any atom is 0.411 e. The number of nitrogens with one attached hydrogen (secondary N) is 1. The standard InChI is InChI=1S/C18H24N6O2/c1-17(2,3)26-16(25)24-10-9-21-15(13-5-7-19-11-22-13)18(24,4)14-6-8-20-12-23-14/h5-8,11-12,15,21H,9-10H2,1-4H3. The Morgan fingerprint density at radius 2 is 1.92 bits per heavy atom. The fraction of sp³-hybridized carbons (Fsp3) is 0.500. The topological polar surface area (TPSA) is 93.1 Å². The number of ether oxygens (including phenoxy) is 1. The molecule has 0 spiro atoms. The second-order valence-corrected chi connectivity index (χ2v) is 7.40. The van der Waals surface area contributed by atoms with E-state index in [1.807, 2.05) is 39.8 Å². The molecule has 8 nitrogen and oxygen atoms in total. The van der Waals surface area contributed by atoms with Gasteiger partial charge in [-0.25, -0.2) is 24.7 Å². The van der Waals surface area contributed by atoms with E-state index in [2.05, 4.69) is 25.3 Å². The van der Waals surface area contributed by atoms with Crippen LogP contribution in [0.15, 0.2) is 37.2 Å². The minimum Gasteiger partial charge on any atom is -0.444 e. The Kier molecular flexibility index (Phi) is 4.86. The monoisotopic (exact) mass is 356 g/mol. The molecule has 26 heavy (non-hydrogen) atoms. The van der Waals surface area contributed by atoms with Crippen molar-refractivity contribution in [1.29, 1.82) is 0 Å². The van der Waals surface area contributed by atoms with E-state index in [1.165, 1.54) is 12.7 Å². The summed E-state index contributed by atoms with van der Waals surface area (Å²) in [4.78, 5) is 31.5. The minimum absolute atomic E-state index is 0.262. The molecule has 0 aliphatic carbocycles. The Balaban J connectivity index is 2.07. The molecule has 1 N–H and O–H groups in total. The van der Waals surface area contributed by atoms with E-state index in [4.69, 9.17) is 4.74 Å². The zero-order valence-electron chi connectivity index (χ0n) is 15.5. The average molecular weight is 356 g/mol. The third-order valence-electron chi connectivity index (χ3n) is 4.42. The molecule has 2 unspecified atom stereocenters. The van der Waals surface area contributed by atoms with Crippen molar-refractivity contribution in [3.05, 3.63) is 48.6 Å². The highest BCUT2D eigenvalue weighted by atomic mass is 16.6. The van der Waals surface area contributed by atoms with Crippen LogP contribution in [-0.4, -0.2) is 49.6 Å². The molecule has 138 valence electrons. The van der Waals surface area contributed by atoms with Crippen LogP contribution < -0.4 is 5.32 Å². The average Bonchev–Trinajstić information content (AvgIpc) is 2.62. The SMILES string of the molecule is CC(C)(C)OC(=O)N1CCNC(c2ccncn2)C1(C)c1ccncn1. The summed E-state index contributed by atoms with van der Waals surface area (Å²) in [5.41, 5.74) is 0.125. The summed E-state index contributed by atoms with van der Waals surface area (Å²) >= 11 is 0. The van der Waals surface area contributed by atoms with Gasteiger partial charge in [-0.3, -0.25) is 4.90 Å². The normalized spacial score (nSPS) is 23.5. The third kappa shape index (κ3) is 3.50. The summed E-state index contributed by atoms with van der Waals surface area (Å²) < 4.78 is 5.66. The van der Waals surface area contributed by atoms with Gasteiger partial charge in [0, 0.05) is 25.5 Å². The predicted octanol–water partition coefficient (Wildman–Crippen LogP) is 2.06. The van der Waals surface area contributed by atoms with E-state index < -0.39 is 11.1 Å². The summed E-state index contributed by atoms with van der Waals surface area (Å²) in [6.45, 7) is 8.66. The fourth-order valence-electron chi connectivity index (χ4n) is 3.25. The maximum atomic E-state index is 13.0. The van der Waals surface area contributed by atoms with Gasteiger partial charge in [-0.15, -0.1) is 0 Å². The molecule has 2 aromatic rings. The lowest BCUT2D eigenvalue weighted by Crippen LogP contribution is -2.62. The number of rotatable bonds is 2. The maximum absolute atomic E-state index is 13.0. The number of hydrogen-bond acceptors (Lipinski definition) is 7. The van der Waals surface area contributed by atoms with Crippen molar-refractivity contribution in [3.63, 3.8) is 0 Å². The molecule has 1 aliphatic rings. The van der Waals surface area contributed by atoms with Crippen LogP contribution >= 0.6 is 0 Å². The van der Waals surface area contributed by atoms with Crippen LogP contribution in [0.3, 0.4) is 0 Å². The molecule has 2 aromatic heterocycles. The van der Waals surface area contributed by atoms with Crippen LogP contribution in [0.5, 0.6) is 0 Å². The van der Waals surface area contributed by atoms with Crippen molar-refractivity contribution in [1.82, 2.24) is 30.2 Å². The van der Waals surface area contributed by atoms with Gasteiger partial charge < -0.3 is 10.1 Å². The fourth-order valence-corrected chi connectivity index (χ4v) is 3.25. The molecule has 2 atom stereocenters. The van der Waals surface area contributed by atoms with Crippen molar-refractivity contribution in [2.24, 2.45) is 0 Å². The number of amides is 1. The van der Waals surface area contributed by atoms with Gasteiger partial charge in [-0.05, 0) is 39.8 Å². The summed E-state index contributed by atoms with van der Waals surface area (Å²) in [5, 5.41) is 3.47. The summed E-state index contributed by atoms with van der Waals surface area (Å²) in [6.07, 6.45) is 5.98. The molecule has 1 fully saturated rings. The highest BCUT2D eigenvalue weighted by Crippen LogP contribution is 2.41. The Labute approximate surface area is 153 Å². The smallest absolute Gasteiger partial charge is 0.411 e. The van der Waals surface area contributed by atoms with Gasteiger partial charge in [0.2, 0.25) is 0 Å². The van der Waals surface area contributed by atoms with Gasteiger partial charge >= 0.3 is 6.09 Å². The predicted molar refractivity (Wildman–Crippen MR) is 95.1 cm³/mol. The van der Waals surface area contributed by atoms with Crippen LogP contribution in [0.4, 0.5) is 4.79 Å². The molecule has 0 saturated carbocycles. The van der Waals surface area contributed by atoms with Gasteiger partial charge in [0.1, 0.15) is 23.8 Å². The van der Waals surface area contributed by atoms with Gasteiger partial charge in [-0.1, -0.05) is 0 Å². The lowest BCUT2D eigenvalue weighted by molar-refractivity contribution is -0.0241. The molecule has 1 saturated heterocycles. The minimum atomic E-state index is -0.794. The van der Waals surface area contributed by atoms with Crippen LogP contribution in [0.2, 0.25) is 0 Å². The molecule has 3 rings (SSSR count). The van der Waals surface area contributed by atoms with Gasteiger partial charge in [0.25, 0.3) is 0 Å². The first-order valence-corrected chi connectivity index (χ1v) is 8.59. The van der Waals surface area contributed by atoms with Gasteiger partial charge in [0.15, 0.2) is 0 Å². The molecular formula is C18H24N6O2. The van der Waals surface area contributed by atoms with Crippen molar-refractivity contribution in [3.8, 4) is 0 Å². The summed E-state index contributed by atoms with van der Waals surface area (Å²) in [6, 6.07) is 3.40. The molecule has 8 heteroatoms. The highest BCUT2D eigenvalue weighted by Gasteiger charge is 2.49. The van der Waals surface area contributed by atoms with Gasteiger partial charge in [-0.2, -0.15) is 0 Å². The van der Waals surface area contributed by atoms with E-state index in [9.17, 15) is 4.79 Å². The van der Waals surface area contributed by atoms with E-state index in [1.54, 1.807) is 17.3 Å². The molecule has 1 aliphatic heterocycles. The molecule has 1 amide bonds. The van der Waals surface area contributed by atoms with Crippen LogP contribution in [0.1, 0.15) is 45.1 Å². The van der Waals surface area contributed by atoms with Crippen molar-refractivity contribution >= 4 is 6.09 Å². The second-order valence-electron chi connectivity index (χ2n) is 7.40.